The normalized spacial score (nSPS) is 12.0. The molecule has 0 unspecified atom stereocenters. The molecule has 0 saturated carbocycles. The number of carbonyl (C=O) groups excluding carboxylic acids is 4. The quantitative estimate of drug-likeness (QED) is 0.399. The topological polar surface area (TPSA) is 98.8 Å². The molecule has 0 heterocycles. The molecule has 0 atom stereocenters. The number of amides is 2. The Kier molecular flexibility index (Phi) is 9.22. The molecule has 0 spiro atoms. The molecule has 0 aliphatic heterocycles. The number of benzene rings is 2. The number of hydrogen-bond donors (Lipinski definition) is 2. The monoisotopic (exact) mass is 492 g/mol. The van der Waals surface area contributed by atoms with Crippen LogP contribution in [0.5, 0.6) is 0 Å². The minimum Gasteiger partial charge on any atom is -0.384 e. The lowest BCUT2D eigenvalue weighted by Gasteiger charge is -2.24. The molecular formula is C28H36N4O4. The van der Waals surface area contributed by atoms with Crippen LogP contribution in [0, 0.1) is 0 Å². The van der Waals surface area contributed by atoms with E-state index in [1.807, 2.05) is 27.7 Å². The Hall–Kier alpha value is -3.68. The van der Waals surface area contributed by atoms with E-state index in [-0.39, 0.29) is 36.2 Å². The van der Waals surface area contributed by atoms with Crippen molar-refractivity contribution in [2.24, 2.45) is 0 Å². The average Bonchev–Trinajstić information content (AvgIpc) is 2.89. The van der Waals surface area contributed by atoms with Crippen LogP contribution in [0.2, 0.25) is 0 Å². The molecule has 2 N–H and O–H groups in total. The Morgan fingerprint density at radius 2 is 1.00 bits per heavy atom. The standard InChI is InChI=1S/C28H36N4O4/c1-5-31(6-2)23(33)15-17-29-21-13-14-22(30-18-16-24(34)32(7-3)8-4)26-25(21)27(35)19-11-9-10-12-20(19)28(26)36/h9-14,29-30H,5-8,15-18H2,1-4H3. The van der Waals surface area contributed by atoms with E-state index in [0.717, 1.165) is 0 Å². The number of carbonyl (C=O) groups is 4. The molecule has 1 aliphatic rings. The highest BCUT2D eigenvalue weighted by Gasteiger charge is 2.33. The van der Waals surface area contributed by atoms with Crippen LogP contribution in [0.25, 0.3) is 0 Å². The van der Waals surface area contributed by atoms with Crippen molar-refractivity contribution in [2.45, 2.75) is 40.5 Å². The second-order valence-corrected chi connectivity index (χ2v) is 8.60. The fraction of sp³-hybridized carbons (Fsp3) is 0.429. The van der Waals surface area contributed by atoms with E-state index >= 15 is 0 Å². The molecule has 2 aromatic carbocycles. The van der Waals surface area contributed by atoms with Gasteiger partial charge in [0.1, 0.15) is 0 Å². The Bertz CT molecular complexity index is 1050. The van der Waals surface area contributed by atoms with Crippen molar-refractivity contribution in [1.29, 1.82) is 0 Å². The third-order valence-electron chi connectivity index (χ3n) is 6.62. The third-order valence-corrected chi connectivity index (χ3v) is 6.62. The van der Waals surface area contributed by atoms with E-state index in [1.54, 1.807) is 46.2 Å². The molecule has 3 rings (SSSR count). The lowest BCUT2D eigenvalue weighted by molar-refractivity contribution is -0.131. The molecule has 2 aromatic rings. The summed E-state index contributed by atoms with van der Waals surface area (Å²) in [5, 5.41) is 6.42. The van der Waals surface area contributed by atoms with Crippen molar-refractivity contribution < 1.29 is 19.2 Å². The van der Waals surface area contributed by atoms with Crippen molar-refractivity contribution in [3.05, 3.63) is 58.7 Å². The molecule has 0 radical (unpaired) electrons. The van der Waals surface area contributed by atoms with Crippen LogP contribution in [-0.4, -0.2) is 72.4 Å². The van der Waals surface area contributed by atoms with Gasteiger partial charge >= 0.3 is 0 Å². The van der Waals surface area contributed by atoms with E-state index in [9.17, 15) is 19.2 Å². The molecular weight excluding hydrogens is 456 g/mol. The molecule has 192 valence electrons. The van der Waals surface area contributed by atoms with Gasteiger partial charge in [-0.25, -0.2) is 0 Å². The van der Waals surface area contributed by atoms with Crippen LogP contribution >= 0.6 is 0 Å². The minimum atomic E-state index is -0.236. The Morgan fingerprint density at radius 3 is 1.33 bits per heavy atom. The highest BCUT2D eigenvalue weighted by atomic mass is 16.2. The SMILES string of the molecule is CCN(CC)C(=O)CCNc1ccc(NCCC(=O)N(CC)CC)c2c1C(=O)c1ccccc1C2=O. The zero-order chi connectivity index (χ0) is 26.2. The molecule has 2 amide bonds. The number of fused-ring (bicyclic) bond motifs is 2. The largest absolute Gasteiger partial charge is 0.384 e. The number of nitrogens with zero attached hydrogens (tertiary/aromatic N) is 2. The number of nitrogens with one attached hydrogen (secondary N) is 2. The Labute approximate surface area is 213 Å². The first-order valence-electron chi connectivity index (χ1n) is 12.8. The summed E-state index contributed by atoms with van der Waals surface area (Å²) in [7, 11) is 0. The van der Waals surface area contributed by atoms with Gasteiger partial charge in [-0.05, 0) is 39.8 Å². The third kappa shape index (κ3) is 5.58. The first-order valence-corrected chi connectivity index (χ1v) is 12.8. The van der Waals surface area contributed by atoms with Gasteiger partial charge in [0.25, 0.3) is 0 Å². The van der Waals surface area contributed by atoms with E-state index in [4.69, 9.17) is 0 Å². The molecule has 0 aromatic heterocycles. The number of ketones is 2. The zero-order valence-corrected chi connectivity index (χ0v) is 21.6. The van der Waals surface area contributed by atoms with Gasteiger partial charge < -0.3 is 20.4 Å². The van der Waals surface area contributed by atoms with Crippen molar-refractivity contribution in [1.82, 2.24) is 9.80 Å². The lowest BCUT2D eigenvalue weighted by Crippen LogP contribution is -2.32. The number of hydrogen-bond acceptors (Lipinski definition) is 6. The fourth-order valence-corrected chi connectivity index (χ4v) is 4.59. The lowest BCUT2D eigenvalue weighted by atomic mass is 9.82. The molecule has 36 heavy (non-hydrogen) atoms. The summed E-state index contributed by atoms with van der Waals surface area (Å²) in [5.41, 5.74) is 2.38. The van der Waals surface area contributed by atoms with Gasteiger partial charge in [-0.2, -0.15) is 0 Å². The van der Waals surface area contributed by atoms with Crippen molar-refractivity contribution >= 4 is 34.8 Å². The van der Waals surface area contributed by atoms with Gasteiger partial charge in [0.15, 0.2) is 11.6 Å². The second-order valence-electron chi connectivity index (χ2n) is 8.60. The van der Waals surface area contributed by atoms with Crippen LogP contribution in [0.3, 0.4) is 0 Å². The molecule has 0 bridgehead atoms. The van der Waals surface area contributed by atoms with Gasteiger partial charge in [0.2, 0.25) is 11.8 Å². The summed E-state index contributed by atoms with van der Waals surface area (Å²) in [6.45, 7) is 11.0. The summed E-state index contributed by atoms with van der Waals surface area (Å²) >= 11 is 0. The molecule has 8 nitrogen and oxygen atoms in total. The smallest absolute Gasteiger partial charge is 0.224 e. The molecule has 0 saturated heterocycles. The number of rotatable bonds is 12. The first kappa shape index (κ1) is 26.9. The first-order chi connectivity index (χ1) is 17.4. The summed E-state index contributed by atoms with van der Waals surface area (Å²) < 4.78 is 0. The van der Waals surface area contributed by atoms with Gasteiger partial charge in [0, 0.05) is 74.6 Å². The van der Waals surface area contributed by atoms with Gasteiger partial charge in [-0.3, -0.25) is 19.2 Å². The van der Waals surface area contributed by atoms with E-state index in [0.29, 0.717) is 72.9 Å². The number of anilines is 2. The summed E-state index contributed by atoms with van der Waals surface area (Å²) in [6.07, 6.45) is 0.561. The maximum atomic E-state index is 13.5. The summed E-state index contributed by atoms with van der Waals surface area (Å²) in [4.78, 5) is 55.4. The van der Waals surface area contributed by atoms with Crippen LogP contribution in [0.1, 0.15) is 72.4 Å². The van der Waals surface area contributed by atoms with E-state index < -0.39 is 0 Å². The highest BCUT2D eigenvalue weighted by molar-refractivity contribution is 6.31. The molecule has 8 heteroatoms. The fourth-order valence-electron chi connectivity index (χ4n) is 4.59. The predicted octanol–water partition coefficient (Wildman–Crippen LogP) is 3.80. The Balaban J connectivity index is 1.87. The van der Waals surface area contributed by atoms with Crippen LogP contribution in [-0.2, 0) is 9.59 Å². The predicted molar refractivity (Wildman–Crippen MR) is 142 cm³/mol. The van der Waals surface area contributed by atoms with E-state index in [1.165, 1.54) is 0 Å². The van der Waals surface area contributed by atoms with Gasteiger partial charge in [-0.15, -0.1) is 0 Å². The maximum Gasteiger partial charge on any atom is 0.224 e. The van der Waals surface area contributed by atoms with Crippen molar-refractivity contribution in [3.8, 4) is 0 Å². The highest BCUT2D eigenvalue weighted by Crippen LogP contribution is 2.36. The summed E-state index contributed by atoms with van der Waals surface area (Å²) in [6, 6.07) is 10.3. The molecule has 0 fully saturated rings. The van der Waals surface area contributed by atoms with Crippen LogP contribution in [0.4, 0.5) is 11.4 Å². The second kappa shape index (κ2) is 12.3. The van der Waals surface area contributed by atoms with Crippen LogP contribution in [0.15, 0.2) is 36.4 Å². The zero-order valence-electron chi connectivity index (χ0n) is 21.6. The Morgan fingerprint density at radius 1 is 0.639 bits per heavy atom. The molecule has 1 aliphatic carbocycles. The van der Waals surface area contributed by atoms with Crippen LogP contribution < -0.4 is 10.6 Å². The van der Waals surface area contributed by atoms with Gasteiger partial charge in [-0.1, -0.05) is 24.3 Å². The maximum absolute atomic E-state index is 13.5. The minimum absolute atomic E-state index is 0.0327. The average molecular weight is 493 g/mol. The van der Waals surface area contributed by atoms with Gasteiger partial charge in [0.05, 0.1) is 11.1 Å². The van der Waals surface area contributed by atoms with Crippen molar-refractivity contribution in [2.75, 3.05) is 49.9 Å². The summed E-state index contributed by atoms with van der Waals surface area (Å²) in [5.74, 6) is -0.406. The van der Waals surface area contributed by atoms with E-state index in [2.05, 4.69) is 10.6 Å². The van der Waals surface area contributed by atoms with Crippen molar-refractivity contribution in [3.63, 3.8) is 0 Å².